The molecule has 0 spiro atoms. The smallest absolute Gasteiger partial charge is 0.220 e. The van der Waals surface area contributed by atoms with E-state index in [4.69, 9.17) is 0 Å². The minimum atomic E-state index is 0.245. The maximum atomic E-state index is 11.1. The molecule has 2 heterocycles. The summed E-state index contributed by atoms with van der Waals surface area (Å²) in [7, 11) is 0. The Balaban J connectivity index is 2.05. The zero-order valence-corrected chi connectivity index (χ0v) is 8.25. The molecule has 68 valence electrons. The third kappa shape index (κ3) is 1.35. The molecule has 2 aliphatic heterocycles. The lowest BCUT2D eigenvalue weighted by Gasteiger charge is -2.28. The van der Waals surface area contributed by atoms with Crippen molar-refractivity contribution in [2.75, 3.05) is 18.1 Å². The number of thioether (sulfide) groups is 1. The van der Waals surface area contributed by atoms with E-state index in [1.54, 1.807) is 0 Å². The van der Waals surface area contributed by atoms with Gasteiger partial charge < -0.3 is 5.32 Å². The van der Waals surface area contributed by atoms with E-state index in [0.29, 0.717) is 0 Å². The first kappa shape index (κ1) is 8.42. The molecule has 2 rings (SSSR count). The Kier molecular flexibility index (Phi) is 2.07. The maximum Gasteiger partial charge on any atom is 0.220 e. The van der Waals surface area contributed by atoms with Gasteiger partial charge in [-0.3, -0.25) is 4.79 Å². The Hall–Kier alpha value is -0.180. The molecule has 3 heteroatoms. The number of hydrogen-bond acceptors (Lipinski definition) is 2. The SMILES string of the molecule is CC1(C2CCSC2)CNC(=O)C1. The number of rotatable bonds is 1. The Labute approximate surface area is 77.5 Å². The van der Waals surface area contributed by atoms with Gasteiger partial charge in [-0.25, -0.2) is 0 Å². The molecule has 0 radical (unpaired) electrons. The van der Waals surface area contributed by atoms with E-state index < -0.39 is 0 Å². The van der Waals surface area contributed by atoms with Gasteiger partial charge in [-0.2, -0.15) is 11.8 Å². The monoisotopic (exact) mass is 185 g/mol. The molecule has 0 aromatic carbocycles. The van der Waals surface area contributed by atoms with Gasteiger partial charge in [0.15, 0.2) is 0 Å². The van der Waals surface area contributed by atoms with Crippen molar-refractivity contribution in [3.8, 4) is 0 Å². The van der Waals surface area contributed by atoms with Crippen LogP contribution in [0.2, 0.25) is 0 Å². The number of amides is 1. The molecular weight excluding hydrogens is 170 g/mol. The fraction of sp³-hybridized carbons (Fsp3) is 0.889. The molecule has 2 nitrogen and oxygen atoms in total. The van der Waals surface area contributed by atoms with Crippen molar-refractivity contribution in [3.05, 3.63) is 0 Å². The molecule has 12 heavy (non-hydrogen) atoms. The van der Waals surface area contributed by atoms with Crippen molar-refractivity contribution in [1.82, 2.24) is 5.32 Å². The molecular formula is C9H15NOS. The summed E-state index contributed by atoms with van der Waals surface area (Å²) in [5, 5.41) is 2.94. The topological polar surface area (TPSA) is 29.1 Å². The summed E-state index contributed by atoms with van der Waals surface area (Å²) in [6, 6.07) is 0. The predicted molar refractivity (Wildman–Crippen MR) is 51.2 cm³/mol. The highest BCUT2D eigenvalue weighted by atomic mass is 32.2. The van der Waals surface area contributed by atoms with Crippen LogP contribution < -0.4 is 5.32 Å². The van der Waals surface area contributed by atoms with Gasteiger partial charge in [-0.15, -0.1) is 0 Å². The normalized spacial score (nSPS) is 41.8. The average molecular weight is 185 g/mol. The molecule has 0 aromatic heterocycles. The van der Waals surface area contributed by atoms with E-state index in [1.807, 2.05) is 11.8 Å². The van der Waals surface area contributed by atoms with E-state index >= 15 is 0 Å². The number of hydrogen-bond donors (Lipinski definition) is 1. The molecule has 0 bridgehead atoms. The number of carbonyl (C=O) groups is 1. The minimum Gasteiger partial charge on any atom is -0.356 e. The van der Waals surface area contributed by atoms with E-state index in [-0.39, 0.29) is 11.3 Å². The van der Waals surface area contributed by atoms with Gasteiger partial charge in [-0.05, 0) is 29.3 Å². The Morgan fingerprint density at radius 3 is 3.00 bits per heavy atom. The van der Waals surface area contributed by atoms with E-state index in [9.17, 15) is 4.79 Å². The lowest BCUT2D eigenvalue weighted by Crippen LogP contribution is -2.29. The second-order valence-electron chi connectivity index (χ2n) is 4.17. The summed E-state index contributed by atoms with van der Waals surface area (Å²) < 4.78 is 0. The first-order valence-electron chi connectivity index (χ1n) is 4.55. The molecule has 1 amide bonds. The van der Waals surface area contributed by atoms with Gasteiger partial charge in [-0.1, -0.05) is 6.92 Å². The maximum absolute atomic E-state index is 11.1. The van der Waals surface area contributed by atoms with Crippen LogP contribution in [0.15, 0.2) is 0 Å². The molecule has 2 unspecified atom stereocenters. The highest BCUT2D eigenvalue weighted by molar-refractivity contribution is 7.99. The predicted octanol–water partition coefficient (Wildman–Crippen LogP) is 1.27. The van der Waals surface area contributed by atoms with Gasteiger partial charge in [0.25, 0.3) is 0 Å². The van der Waals surface area contributed by atoms with Crippen LogP contribution in [0.25, 0.3) is 0 Å². The van der Waals surface area contributed by atoms with Crippen LogP contribution in [0, 0.1) is 11.3 Å². The van der Waals surface area contributed by atoms with Crippen molar-refractivity contribution in [1.29, 1.82) is 0 Å². The van der Waals surface area contributed by atoms with Crippen LogP contribution in [-0.2, 0) is 4.79 Å². The van der Waals surface area contributed by atoms with Gasteiger partial charge >= 0.3 is 0 Å². The molecule has 0 saturated carbocycles. The third-order valence-electron chi connectivity index (χ3n) is 3.17. The molecule has 0 aromatic rings. The summed E-state index contributed by atoms with van der Waals surface area (Å²) in [6.45, 7) is 3.15. The van der Waals surface area contributed by atoms with Crippen molar-refractivity contribution in [3.63, 3.8) is 0 Å². The first-order valence-corrected chi connectivity index (χ1v) is 5.71. The number of carbonyl (C=O) groups excluding carboxylic acids is 1. The summed E-state index contributed by atoms with van der Waals surface area (Å²) in [4.78, 5) is 11.1. The molecule has 2 fully saturated rings. The van der Waals surface area contributed by atoms with Crippen LogP contribution in [0.4, 0.5) is 0 Å². The second-order valence-corrected chi connectivity index (χ2v) is 5.32. The quantitative estimate of drug-likeness (QED) is 0.666. The minimum absolute atomic E-state index is 0.245. The fourth-order valence-electron chi connectivity index (χ4n) is 2.17. The van der Waals surface area contributed by atoms with Crippen LogP contribution in [0.1, 0.15) is 19.8 Å². The lowest BCUT2D eigenvalue weighted by atomic mass is 9.76. The van der Waals surface area contributed by atoms with Crippen molar-refractivity contribution >= 4 is 17.7 Å². The molecule has 0 aliphatic carbocycles. The fourth-order valence-corrected chi connectivity index (χ4v) is 3.64. The average Bonchev–Trinajstić information content (AvgIpc) is 2.59. The zero-order valence-electron chi connectivity index (χ0n) is 7.43. The Bertz CT molecular complexity index is 201. The van der Waals surface area contributed by atoms with E-state index in [1.165, 1.54) is 17.9 Å². The molecule has 2 atom stereocenters. The highest BCUT2D eigenvalue weighted by Crippen LogP contribution is 2.42. The third-order valence-corrected chi connectivity index (χ3v) is 4.33. The van der Waals surface area contributed by atoms with Crippen molar-refractivity contribution in [2.24, 2.45) is 11.3 Å². The molecule has 1 N–H and O–H groups in total. The Morgan fingerprint density at radius 1 is 1.67 bits per heavy atom. The van der Waals surface area contributed by atoms with Crippen LogP contribution in [-0.4, -0.2) is 24.0 Å². The Morgan fingerprint density at radius 2 is 2.50 bits per heavy atom. The van der Waals surface area contributed by atoms with E-state index in [2.05, 4.69) is 12.2 Å². The summed E-state index contributed by atoms with van der Waals surface area (Å²) in [5.74, 6) is 3.55. The lowest BCUT2D eigenvalue weighted by molar-refractivity contribution is -0.119. The van der Waals surface area contributed by atoms with Crippen LogP contribution in [0.3, 0.4) is 0 Å². The molecule has 2 saturated heterocycles. The largest absolute Gasteiger partial charge is 0.356 e. The van der Waals surface area contributed by atoms with Crippen molar-refractivity contribution in [2.45, 2.75) is 19.8 Å². The van der Waals surface area contributed by atoms with Gasteiger partial charge in [0.05, 0.1) is 0 Å². The summed E-state index contributed by atoms with van der Waals surface area (Å²) >= 11 is 2.03. The van der Waals surface area contributed by atoms with Crippen LogP contribution >= 0.6 is 11.8 Å². The van der Waals surface area contributed by atoms with Crippen LogP contribution in [0.5, 0.6) is 0 Å². The van der Waals surface area contributed by atoms with Crippen molar-refractivity contribution < 1.29 is 4.79 Å². The van der Waals surface area contributed by atoms with Gasteiger partial charge in [0.1, 0.15) is 0 Å². The van der Waals surface area contributed by atoms with Gasteiger partial charge in [0.2, 0.25) is 5.91 Å². The highest BCUT2D eigenvalue weighted by Gasteiger charge is 2.41. The molecule has 2 aliphatic rings. The second kappa shape index (κ2) is 2.95. The van der Waals surface area contributed by atoms with E-state index in [0.717, 1.165) is 18.9 Å². The summed E-state index contributed by atoms with van der Waals surface area (Å²) in [5.41, 5.74) is 0.264. The zero-order chi connectivity index (χ0) is 8.60. The number of nitrogens with one attached hydrogen (secondary N) is 1. The standard InChI is InChI=1S/C9H15NOS/c1-9(4-8(11)10-6-9)7-2-3-12-5-7/h7H,2-6H2,1H3,(H,10,11). The first-order chi connectivity index (χ1) is 5.71. The van der Waals surface area contributed by atoms with Gasteiger partial charge in [0, 0.05) is 13.0 Å². The summed E-state index contributed by atoms with van der Waals surface area (Å²) in [6.07, 6.45) is 2.05.